The van der Waals surface area contributed by atoms with E-state index < -0.39 is 0 Å². The zero-order chi connectivity index (χ0) is 14.3. The molecular formula is C15H20N2O2. The molecule has 4 heteroatoms. The summed E-state index contributed by atoms with van der Waals surface area (Å²) < 4.78 is 0. The number of hydrogen-bond donors (Lipinski definition) is 3. The van der Waals surface area contributed by atoms with Crippen molar-refractivity contribution < 1.29 is 9.90 Å². The van der Waals surface area contributed by atoms with Crippen LogP contribution >= 0.6 is 0 Å². The highest BCUT2D eigenvalue weighted by Crippen LogP contribution is 2.10. The summed E-state index contributed by atoms with van der Waals surface area (Å²) in [4.78, 5) is 12.0. The minimum Gasteiger partial charge on any atom is -0.508 e. The van der Waals surface area contributed by atoms with E-state index in [-0.39, 0.29) is 11.7 Å². The van der Waals surface area contributed by atoms with Crippen LogP contribution in [-0.2, 0) is 11.3 Å². The van der Waals surface area contributed by atoms with Gasteiger partial charge in [-0.25, -0.2) is 0 Å². The van der Waals surface area contributed by atoms with Crippen LogP contribution in [0.2, 0.25) is 0 Å². The third-order valence-corrected chi connectivity index (χ3v) is 2.58. The molecule has 0 aliphatic carbocycles. The highest BCUT2D eigenvalue weighted by atomic mass is 16.3. The SMILES string of the molecule is CC/C=C\C(C(=O)NCc1ccc(O)cc1)=C(/C)N. The average Bonchev–Trinajstić information content (AvgIpc) is 2.38. The number of carbonyl (C=O) groups is 1. The Morgan fingerprint density at radius 1 is 1.37 bits per heavy atom. The van der Waals surface area contributed by atoms with Gasteiger partial charge in [-0.2, -0.15) is 0 Å². The normalized spacial score (nSPS) is 12.3. The van der Waals surface area contributed by atoms with Crippen LogP contribution in [0.5, 0.6) is 5.75 Å². The topological polar surface area (TPSA) is 75.3 Å². The molecule has 0 spiro atoms. The lowest BCUT2D eigenvalue weighted by Crippen LogP contribution is -2.25. The first kappa shape index (κ1) is 14.8. The van der Waals surface area contributed by atoms with E-state index >= 15 is 0 Å². The van der Waals surface area contributed by atoms with E-state index in [0.29, 0.717) is 17.8 Å². The molecule has 0 saturated carbocycles. The van der Waals surface area contributed by atoms with Crippen molar-refractivity contribution in [2.24, 2.45) is 5.73 Å². The molecule has 102 valence electrons. The van der Waals surface area contributed by atoms with Crippen LogP contribution in [0.3, 0.4) is 0 Å². The van der Waals surface area contributed by atoms with Crippen LogP contribution in [0.15, 0.2) is 47.7 Å². The standard InChI is InChI=1S/C15H20N2O2/c1-3-4-5-14(11(2)16)15(19)17-10-12-6-8-13(18)9-7-12/h4-9,18H,3,10,16H2,1-2H3,(H,17,19)/b5-4-,14-11-. The first-order valence-corrected chi connectivity index (χ1v) is 6.23. The maximum atomic E-state index is 12.0. The Balaban J connectivity index is 2.66. The molecule has 0 aliphatic rings. The van der Waals surface area contributed by atoms with E-state index in [1.54, 1.807) is 37.3 Å². The molecule has 0 atom stereocenters. The molecule has 0 heterocycles. The predicted octanol–water partition coefficient (Wildman–Crippen LogP) is 2.21. The van der Waals surface area contributed by atoms with Gasteiger partial charge in [-0.1, -0.05) is 31.2 Å². The van der Waals surface area contributed by atoms with Crippen molar-refractivity contribution >= 4 is 5.91 Å². The highest BCUT2D eigenvalue weighted by molar-refractivity contribution is 5.96. The summed E-state index contributed by atoms with van der Waals surface area (Å²) in [7, 11) is 0. The number of benzene rings is 1. The van der Waals surface area contributed by atoms with Crippen molar-refractivity contribution in [1.29, 1.82) is 0 Å². The molecule has 0 saturated heterocycles. The lowest BCUT2D eigenvalue weighted by atomic mass is 10.1. The molecule has 0 fully saturated rings. The molecule has 0 bridgehead atoms. The van der Waals surface area contributed by atoms with E-state index in [9.17, 15) is 9.90 Å². The second-order valence-electron chi connectivity index (χ2n) is 4.26. The molecule has 0 aliphatic heterocycles. The summed E-state index contributed by atoms with van der Waals surface area (Å²) in [5.74, 6) is 0.0112. The van der Waals surface area contributed by atoms with Gasteiger partial charge in [-0.3, -0.25) is 4.79 Å². The van der Waals surface area contributed by atoms with Gasteiger partial charge in [0.1, 0.15) is 5.75 Å². The summed E-state index contributed by atoms with van der Waals surface area (Å²) in [5.41, 5.74) is 7.60. The Kier molecular flexibility index (Phi) is 5.67. The van der Waals surface area contributed by atoms with Crippen LogP contribution in [0.25, 0.3) is 0 Å². The summed E-state index contributed by atoms with van der Waals surface area (Å²) in [6.07, 6.45) is 4.48. The predicted molar refractivity (Wildman–Crippen MR) is 76.3 cm³/mol. The zero-order valence-corrected chi connectivity index (χ0v) is 11.3. The average molecular weight is 260 g/mol. The van der Waals surface area contributed by atoms with Gasteiger partial charge >= 0.3 is 0 Å². The van der Waals surface area contributed by atoms with Gasteiger partial charge < -0.3 is 16.2 Å². The van der Waals surface area contributed by atoms with Gasteiger partial charge in [0, 0.05) is 12.2 Å². The van der Waals surface area contributed by atoms with E-state index in [4.69, 9.17) is 5.73 Å². The van der Waals surface area contributed by atoms with Gasteiger partial charge in [0.15, 0.2) is 0 Å². The summed E-state index contributed by atoms with van der Waals surface area (Å²) >= 11 is 0. The molecule has 0 aromatic heterocycles. The number of amides is 1. The van der Waals surface area contributed by atoms with Crippen molar-refractivity contribution in [2.45, 2.75) is 26.8 Å². The number of hydrogen-bond acceptors (Lipinski definition) is 3. The number of rotatable bonds is 5. The van der Waals surface area contributed by atoms with Crippen LogP contribution < -0.4 is 11.1 Å². The summed E-state index contributed by atoms with van der Waals surface area (Å²) in [5, 5.41) is 12.0. The Hall–Kier alpha value is -2.23. The van der Waals surface area contributed by atoms with Crippen molar-refractivity contribution in [3.63, 3.8) is 0 Å². The number of nitrogens with one attached hydrogen (secondary N) is 1. The minimum absolute atomic E-state index is 0.197. The summed E-state index contributed by atoms with van der Waals surface area (Å²) in [6.45, 7) is 4.10. The van der Waals surface area contributed by atoms with E-state index in [1.807, 2.05) is 13.0 Å². The van der Waals surface area contributed by atoms with Gasteiger partial charge in [-0.05, 0) is 31.0 Å². The van der Waals surface area contributed by atoms with Crippen LogP contribution in [0.1, 0.15) is 25.8 Å². The van der Waals surface area contributed by atoms with Crippen LogP contribution in [0, 0.1) is 0 Å². The molecule has 0 radical (unpaired) electrons. The summed E-state index contributed by atoms with van der Waals surface area (Å²) in [6, 6.07) is 6.69. The molecule has 0 unspecified atom stereocenters. The number of nitrogens with two attached hydrogens (primary N) is 1. The molecule has 1 aromatic rings. The highest BCUT2D eigenvalue weighted by Gasteiger charge is 2.08. The lowest BCUT2D eigenvalue weighted by molar-refractivity contribution is -0.117. The fraction of sp³-hybridized carbons (Fsp3) is 0.267. The van der Waals surface area contributed by atoms with Crippen LogP contribution in [-0.4, -0.2) is 11.0 Å². The molecular weight excluding hydrogens is 240 g/mol. The number of phenols is 1. The number of allylic oxidation sites excluding steroid dienone is 2. The third kappa shape index (κ3) is 4.87. The largest absolute Gasteiger partial charge is 0.508 e. The first-order valence-electron chi connectivity index (χ1n) is 6.23. The smallest absolute Gasteiger partial charge is 0.253 e. The van der Waals surface area contributed by atoms with E-state index in [1.165, 1.54) is 0 Å². The quantitative estimate of drug-likeness (QED) is 0.561. The fourth-order valence-electron chi connectivity index (χ4n) is 1.51. The molecule has 1 aromatic carbocycles. The first-order chi connectivity index (χ1) is 9.04. The fourth-order valence-corrected chi connectivity index (χ4v) is 1.51. The second kappa shape index (κ2) is 7.26. The Bertz CT molecular complexity index is 483. The van der Waals surface area contributed by atoms with Gasteiger partial charge in [0.25, 0.3) is 5.91 Å². The lowest BCUT2D eigenvalue weighted by Gasteiger charge is -2.07. The molecule has 4 nitrogen and oxygen atoms in total. The van der Waals surface area contributed by atoms with Crippen molar-refractivity contribution in [3.8, 4) is 5.75 Å². The third-order valence-electron chi connectivity index (χ3n) is 2.58. The number of carbonyl (C=O) groups excluding carboxylic acids is 1. The zero-order valence-electron chi connectivity index (χ0n) is 11.3. The number of phenolic OH excluding ortho intramolecular Hbond substituents is 1. The van der Waals surface area contributed by atoms with Crippen LogP contribution in [0.4, 0.5) is 0 Å². The maximum Gasteiger partial charge on any atom is 0.253 e. The van der Waals surface area contributed by atoms with E-state index in [2.05, 4.69) is 5.32 Å². The van der Waals surface area contributed by atoms with Gasteiger partial charge in [0.2, 0.25) is 0 Å². The Morgan fingerprint density at radius 3 is 2.53 bits per heavy atom. The Labute approximate surface area is 113 Å². The Morgan fingerprint density at radius 2 is 2.00 bits per heavy atom. The van der Waals surface area contributed by atoms with Crippen molar-refractivity contribution in [3.05, 3.63) is 53.3 Å². The molecule has 19 heavy (non-hydrogen) atoms. The molecule has 1 rings (SSSR count). The van der Waals surface area contributed by atoms with Gasteiger partial charge in [0.05, 0.1) is 5.57 Å². The second-order valence-corrected chi connectivity index (χ2v) is 4.26. The molecule has 1 amide bonds. The minimum atomic E-state index is -0.197. The van der Waals surface area contributed by atoms with Crippen molar-refractivity contribution in [2.75, 3.05) is 0 Å². The van der Waals surface area contributed by atoms with Crippen molar-refractivity contribution in [1.82, 2.24) is 5.32 Å². The maximum absolute atomic E-state index is 12.0. The molecule has 4 N–H and O–H groups in total. The van der Waals surface area contributed by atoms with E-state index in [0.717, 1.165) is 12.0 Å². The monoisotopic (exact) mass is 260 g/mol. The number of aromatic hydroxyl groups is 1. The van der Waals surface area contributed by atoms with Gasteiger partial charge in [-0.15, -0.1) is 0 Å².